The zero-order valence-corrected chi connectivity index (χ0v) is 14.5. The maximum absolute atomic E-state index is 12.0. The highest BCUT2D eigenvalue weighted by Crippen LogP contribution is 2.17. The molecule has 0 aliphatic rings. The van der Waals surface area contributed by atoms with Crippen LogP contribution in [0.25, 0.3) is 11.4 Å². The molecule has 3 rings (SSSR count). The number of pyridine rings is 1. The summed E-state index contributed by atoms with van der Waals surface area (Å²) in [5, 5.41) is 6.81. The Kier molecular flexibility index (Phi) is 5.92. The quantitative estimate of drug-likeness (QED) is 0.670. The number of methoxy groups -OCH3 is 1. The Morgan fingerprint density at radius 2 is 2.08 bits per heavy atom. The molecule has 0 atom stereocenters. The summed E-state index contributed by atoms with van der Waals surface area (Å²) >= 11 is 0. The lowest BCUT2D eigenvalue weighted by Crippen LogP contribution is -2.26. The molecule has 0 fully saturated rings. The van der Waals surface area contributed by atoms with E-state index in [1.54, 1.807) is 25.6 Å². The van der Waals surface area contributed by atoms with Crippen molar-refractivity contribution in [3.05, 3.63) is 60.2 Å². The van der Waals surface area contributed by atoms with Gasteiger partial charge in [-0.1, -0.05) is 23.4 Å². The number of aryl methyl sites for hydroxylation is 1. The predicted molar refractivity (Wildman–Crippen MR) is 95.6 cm³/mol. The van der Waals surface area contributed by atoms with Crippen LogP contribution in [0.2, 0.25) is 0 Å². The van der Waals surface area contributed by atoms with Gasteiger partial charge in [0.2, 0.25) is 17.6 Å². The molecular formula is C19H20N4O3. The fourth-order valence-electron chi connectivity index (χ4n) is 2.52. The predicted octanol–water partition coefficient (Wildman–Crippen LogP) is 2.43. The van der Waals surface area contributed by atoms with Crippen LogP contribution >= 0.6 is 0 Å². The number of hydrogen-bond donors (Lipinski definition) is 1. The Morgan fingerprint density at radius 1 is 1.19 bits per heavy atom. The molecule has 3 aromatic rings. The molecule has 1 amide bonds. The number of aromatic nitrogens is 3. The monoisotopic (exact) mass is 352 g/mol. The zero-order chi connectivity index (χ0) is 18.2. The summed E-state index contributed by atoms with van der Waals surface area (Å²) in [5.41, 5.74) is 1.84. The topological polar surface area (TPSA) is 90.1 Å². The highest BCUT2D eigenvalue weighted by atomic mass is 16.5. The van der Waals surface area contributed by atoms with Gasteiger partial charge in [-0.2, -0.15) is 4.98 Å². The number of benzene rings is 1. The van der Waals surface area contributed by atoms with Crippen LogP contribution in [-0.4, -0.2) is 34.7 Å². The van der Waals surface area contributed by atoms with Crippen molar-refractivity contribution in [2.24, 2.45) is 0 Å². The van der Waals surface area contributed by atoms with Gasteiger partial charge in [0, 0.05) is 37.3 Å². The normalized spacial score (nSPS) is 10.5. The first-order chi connectivity index (χ1) is 12.8. The van der Waals surface area contributed by atoms with Crippen molar-refractivity contribution in [1.29, 1.82) is 0 Å². The van der Waals surface area contributed by atoms with Gasteiger partial charge in [0.25, 0.3) is 0 Å². The molecule has 1 N–H and O–H groups in total. The average Bonchev–Trinajstić information content (AvgIpc) is 3.16. The van der Waals surface area contributed by atoms with E-state index in [0.717, 1.165) is 16.9 Å². The molecule has 0 bridgehead atoms. The highest BCUT2D eigenvalue weighted by molar-refractivity contribution is 5.76. The van der Waals surface area contributed by atoms with Crippen LogP contribution < -0.4 is 10.1 Å². The van der Waals surface area contributed by atoms with Crippen molar-refractivity contribution < 1.29 is 14.1 Å². The van der Waals surface area contributed by atoms with E-state index in [0.29, 0.717) is 37.5 Å². The molecule has 0 aliphatic heterocycles. The number of ether oxygens (including phenoxy) is 1. The van der Waals surface area contributed by atoms with Crippen LogP contribution in [0.4, 0.5) is 0 Å². The van der Waals surface area contributed by atoms with E-state index in [9.17, 15) is 4.79 Å². The number of hydrogen-bond acceptors (Lipinski definition) is 6. The van der Waals surface area contributed by atoms with Gasteiger partial charge >= 0.3 is 0 Å². The van der Waals surface area contributed by atoms with Crippen LogP contribution in [0.5, 0.6) is 5.75 Å². The molecule has 2 heterocycles. The van der Waals surface area contributed by atoms with Crippen molar-refractivity contribution in [2.45, 2.75) is 19.3 Å². The van der Waals surface area contributed by atoms with E-state index < -0.39 is 0 Å². The number of carbonyl (C=O) groups is 1. The minimum Gasteiger partial charge on any atom is -0.496 e. The van der Waals surface area contributed by atoms with E-state index in [1.807, 2.05) is 30.3 Å². The smallest absolute Gasteiger partial charge is 0.227 e. The molecule has 0 radical (unpaired) electrons. The molecule has 0 saturated carbocycles. The minimum atomic E-state index is -0.0546. The first-order valence-corrected chi connectivity index (χ1v) is 8.38. The summed E-state index contributed by atoms with van der Waals surface area (Å²) in [6, 6.07) is 11.4. The fraction of sp³-hybridized carbons (Fsp3) is 0.263. The van der Waals surface area contributed by atoms with Gasteiger partial charge in [0.05, 0.1) is 7.11 Å². The van der Waals surface area contributed by atoms with E-state index in [1.165, 1.54) is 0 Å². The lowest BCUT2D eigenvalue weighted by Gasteiger charge is -2.08. The second-order valence-electron chi connectivity index (χ2n) is 5.67. The van der Waals surface area contributed by atoms with Crippen LogP contribution in [0.1, 0.15) is 17.9 Å². The minimum absolute atomic E-state index is 0.0546. The summed E-state index contributed by atoms with van der Waals surface area (Å²) in [4.78, 5) is 20.3. The molecule has 0 saturated heterocycles. The molecular weight excluding hydrogens is 332 g/mol. The van der Waals surface area contributed by atoms with E-state index in [-0.39, 0.29) is 5.91 Å². The number of carbonyl (C=O) groups excluding carboxylic acids is 1. The summed E-state index contributed by atoms with van der Waals surface area (Å²) < 4.78 is 10.5. The third-order valence-corrected chi connectivity index (χ3v) is 3.86. The Hall–Kier alpha value is -3.22. The Morgan fingerprint density at radius 3 is 2.88 bits per heavy atom. The molecule has 0 unspecified atom stereocenters. The van der Waals surface area contributed by atoms with Crippen LogP contribution in [0.3, 0.4) is 0 Å². The van der Waals surface area contributed by atoms with Gasteiger partial charge < -0.3 is 14.6 Å². The largest absolute Gasteiger partial charge is 0.496 e. The maximum atomic E-state index is 12.0. The Balaban J connectivity index is 1.44. The van der Waals surface area contributed by atoms with Crippen molar-refractivity contribution in [1.82, 2.24) is 20.4 Å². The Bertz CT molecular complexity index is 849. The summed E-state index contributed by atoms with van der Waals surface area (Å²) in [7, 11) is 1.64. The highest BCUT2D eigenvalue weighted by Gasteiger charge is 2.11. The first-order valence-electron chi connectivity index (χ1n) is 8.38. The lowest BCUT2D eigenvalue weighted by atomic mass is 10.1. The third-order valence-electron chi connectivity index (χ3n) is 3.86. The first kappa shape index (κ1) is 17.6. The standard InChI is InChI=1S/C19H20N4O3/c1-25-16-7-3-2-5-14(16)10-12-21-17(24)8-9-18-22-19(23-26-18)15-6-4-11-20-13-15/h2-7,11,13H,8-10,12H2,1H3,(H,21,24). The summed E-state index contributed by atoms with van der Waals surface area (Å²) in [5.74, 6) is 1.69. The summed E-state index contributed by atoms with van der Waals surface area (Å²) in [6.07, 6.45) is 4.74. The van der Waals surface area contributed by atoms with E-state index in [2.05, 4.69) is 20.4 Å². The second-order valence-corrected chi connectivity index (χ2v) is 5.67. The van der Waals surface area contributed by atoms with Crippen LogP contribution in [0, 0.1) is 0 Å². The van der Waals surface area contributed by atoms with E-state index in [4.69, 9.17) is 9.26 Å². The molecule has 2 aromatic heterocycles. The SMILES string of the molecule is COc1ccccc1CCNC(=O)CCc1nc(-c2cccnc2)no1. The van der Waals surface area contributed by atoms with Gasteiger partial charge in [-0.3, -0.25) is 9.78 Å². The van der Waals surface area contributed by atoms with Crippen molar-refractivity contribution >= 4 is 5.91 Å². The fourth-order valence-corrected chi connectivity index (χ4v) is 2.52. The number of nitrogens with zero attached hydrogens (tertiary/aromatic N) is 3. The van der Waals surface area contributed by atoms with Crippen molar-refractivity contribution in [3.8, 4) is 17.1 Å². The van der Waals surface area contributed by atoms with Gasteiger partial charge in [0.1, 0.15) is 5.75 Å². The summed E-state index contributed by atoms with van der Waals surface area (Å²) in [6.45, 7) is 0.546. The molecule has 7 heteroatoms. The second kappa shape index (κ2) is 8.75. The maximum Gasteiger partial charge on any atom is 0.227 e. The van der Waals surface area contributed by atoms with Crippen LogP contribution in [-0.2, 0) is 17.6 Å². The number of amides is 1. The van der Waals surface area contributed by atoms with Crippen LogP contribution in [0.15, 0.2) is 53.3 Å². The molecule has 0 spiro atoms. The number of rotatable bonds is 8. The average molecular weight is 352 g/mol. The molecule has 1 aromatic carbocycles. The van der Waals surface area contributed by atoms with Gasteiger partial charge in [0.15, 0.2) is 0 Å². The Labute approximate surface area is 151 Å². The molecule has 7 nitrogen and oxygen atoms in total. The number of para-hydroxylation sites is 1. The van der Waals surface area contributed by atoms with Gasteiger partial charge in [-0.15, -0.1) is 0 Å². The zero-order valence-electron chi connectivity index (χ0n) is 14.5. The molecule has 134 valence electrons. The molecule has 26 heavy (non-hydrogen) atoms. The third kappa shape index (κ3) is 4.66. The van der Waals surface area contributed by atoms with Gasteiger partial charge in [-0.25, -0.2) is 0 Å². The molecule has 0 aliphatic carbocycles. The van der Waals surface area contributed by atoms with E-state index >= 15 is 0 Å². The number of nitrogens with one attached hydrogen (secondary N) is 1. The lowest BCUT2D eigenvalue weighted by molar-refractivity contribution is -0.121. The van der Waals surface area contributed by atoms with Crippen molar-refractivity contribution in [2.75, 3.05) is 13.7 Å². The van der Waals surface area contributed by atoms with Gasteiger partial charge in [-0.05, 0) is 30.2 Å². The van der Waals surface area contributed by atoms with Crippen molar-refractivity contribution in [3.63, 3.8) is 0 Å².